The third-order valence-corrected chi connectivity index (χ3v) is 2.42. The van der Waals surface area contributed by atoms with Gasteiger partial charge in [-0.3, -0.25) is 4.79 Å². The SMILES string of the molecule is Cc1nc(CNC(=O)C2CCNC2)no1. The Hall–Kier alpha value is -1.43. The van der Waals surface area contributed by atoms with Crippen molar-refractivity contribution >= 4 is 5.91 Å². The van der Waals surface area contributed by atoms with Crippen molar-refractivity contribution in [3.05, 3.63) is 11.7 Å². The monoisotopic (exact) mass is 210 g/mol. The highest BCUT2D eigenvalue weighted by molar-refractivity contribution is 5.79. The number of carbonyl (C=O) groups is 1. The summed E-state index contributed by atoms with van der Waals surface area (Å²) in [5.41, 5.74) is 0. The smallest absolute Gasteiger partial charge is 0.224 e. The van der Waals surface area contributed by atoms with Crippen molar-refractivity contribution < 1.29 is 9.32 Å². The Labute approximate surface area is 87.4 Å². The summed E-state index contributed by atoms with van der Waals surface area (Å²) in [5.74, 6) is 1.18. The molecule has 0 radical (unpaired) electrons. The number of carbonyl (C=O) groups excluding carboxylic acids is 1. The summed E-state index contributed by atoms with van der Waals surface area (Å²) in [6.07, 6.45) is 0.900. The van der Waals surface area contributed by atoms with E-state index in [2.05, 4.69) is 20.8 Å². The van der Waals surface area contributed by atoms with Crippen LogP contribution in [0.1, 0.15) is 18.1 Å². The van der Waals surface area contributed by atoms with Gasteiger partial charge in [0.1, 0.15) is 0 Å². The van der Waals surface area contributed by atoms with Crippen LogP contribution in [-0.2, 0) is 11.3 Å². The zero-order chi connectivity index (χ0) is 10.7. The van der Waals surface area contributed by atoms with Crippen LogP contribution in [0, 0.1) is 12.8 Å². The number of hydrogen-bond donors (Lipinski definition) is 2. The summed E-state index contributed by atoms with van der Waals surface area (Å²) in [6, 6.07) is 0. The van der Waals surface area contributed by atoms with E-state index < -0.39 is 0 Å². The van der Waals surface area contributed by atoms with Crippen LogP contribution >= 0.6 is 0 Å². The van der Waals surface area contributed by atoms with Crippen molar-refractivity contribution in [2.24, 2.45) is 5.92 Å². The van der Waals surface area contributed by atoms with Gasteiger partial charge in [0, 0.05) is 13.5 Å². The molecule has 1 atom stereocenters. The average molecular weight is 210 g/mol. The van der Waals surface area contributed by atoms with Crippen LogP contribution in [0.5, 0.6) is 0 Å². The van der Waals surface area contributed by atoms with Gasteiger partial charge in [0.25, 0.3) is 0 Å². The molecule has 0 saturated carbocycles. The maximum atomic E-state index is 11.6. The molecule has 1 amide bonds. The molecule has 0 bridgehead atoms. The summed E-state index contributed by atoms with van der Waals surface area (Å²) < 4.78 is 4.80. The fourth-order valence-electron chi connectivity index (χ4n) is 1.60. The summed E-state index contributed by atoms with van der Waals surface area (Å²) >= 11 is 0. The van der Waals surface area contributed by atoms with Crippen LogP contribution in [0.3, 0.4) is 0 Å². The van der Waals surface area contributed by atoms with E-state index in [4.69, 9.17) is 4.52 Å². The number of nitrogens with one attached hydrogen (secondary N) is 2. The van der Waals surface area contributed by atoms with Crippen LogP contribution in [0.25, 0.3) is 0 Å². The van der Waals surface area contributed by atoms with E-state index in [-0.39, 0.29) is 11.8 Å². The highest BCUT2D eigenvalue weighted by atomic mass is 16.5. The molecule has 0 aromatic carbocycles. The van der Waals surface area contributed by atoms with Gasteiger partial charge >= 0.3 is 0 Å². The van der Waals surface area contributed by atoms with Crippen molar-refractivity contribution in [1.82, 2.24) is 20.8 Å². The Morgan fingerprint density at radius 2 is 2.60 bits per heavy atom. The molecule has 2 N–H and O–H groups in total. The first-order chi connectivity index (χ1) is 7.25. The van der Waals surface area contributed by atoms with Gasteiger partial charge in [-0.1, -0.05) is 5.16 Å². The van der Waals surface area contributed by atoms with E-state index in [0.717, 1.165) is 19.5 Å². The number of hydrogen-bond acceptors (Lipinski definition) is 5. The lowest BCUT2D eigenvalue weighted by molar-refractivity contribution is -0.124. The first-order valence-electron chi connectivity index (χ1n) is 5.03. The van der Waals surface area contributed by atoms with Crippen molar-refractivity contribution in [3.63, 3.8) is 0 Å². The van der Waals surface area contributed by atoms with E-state index in [9.17, 15) is 4.79 Å². The normalized spacial score (nSPS) is 20.5. The van der Waals surface area contributed by atoms with Crippen molar-refractivity contribution in [3.8, 4) is 0 Å². The highest BCUT2D eigenvalue weighted by Gasteiger charge is 2.22. The molecule has 1 aliphatic rings. The highest BCUT2D eigenvalue weighted by Crippen LogP contribution is 2.07. The summed E-state index contributed by atoms with van der Waals surface area (Å²) in [5, 5.41) is 9.63. The summed E-state index contributed by atoms with van der Waals surface area (Å²) in [4.78, 5) is 15.6. The predicted octanol–water partition coefficient (Wildman–Crippen LogP) is -0.396. The third-order valence-electron chi connectivity index (χ3n) is 2.42. The zero-order valence-electron chi connectivity index (χ0n) is 8.62. The lowest BCUT2D eigenvalue weighted by Gasteiger charge is -2.07. The van der Waals surface area contributed by atoms with Crippen LogP contribution in [0.15, 0.2) is 4.52 Å². The molecule has 1 aromatic rings. The van der Waals surface area contributed by atoms with Crippen molar-refractivity contribution in [1.29, 1.82) is 0 Å². The molecule has 0 spiro atoms. The van der Waals surface area contributed by atoms with Crippen LogP contribution in [0.4, 0.5) is 0 Å². The minimum atomic E-state index is 0.0578. The molecule has 6 nitrogen and oxygen atoms in total. The van der Waals surface area contributed by atoms with Crippen LogP contribution < -0.4 is 10.6 Å². The molecular formula is C9H14N4O2. The molecule has 1 saturated heterocycles. The van der Waals surface area contributed by atoms with Gasteiger partial charge in [0.05, 0.1) is 12.5 Å². The Kier molecular flexibility index (Phi) is 2.96. The van der Waals surface area contributed by atoms with E-state index in [1.54, 1.807) is 6.92 Å². The summed E-state index contributed by atoms with van der Waals surface area (Å²) in [7, 11) is 0. The predicted molar refractivity (Wildman–Crippen MR) is 51.9 cm³/mol. The third kappa shape index (κ3) is 2.53. The number of aromatic nitrogens is 2. The largest absolute Gasteiger partial charge is 0.348 e. The van der Waals surface area contributed by atoms with Gasteiger partial charge in [-0.15, -0.1) is 0 Å². The maximum absolute atomic E-state index is 11.6. The maximum Gasteiger partial charge on any atom is 0.224 e. The Morgan fingerprint density at radius 3 is 3.20 bits per heavy atom. The van der Waals surface area contributed by atoms with Crippen LogP contribution in [0.2, 0.25) is 0 Å². The van der Waals surface area contributed by atoms with Gasteiger partial charge in [0.2, 0.25) is 11.8 Å². The average Bonchev–Trinajstić information content (AvgIpc) is 2.84. The molecule has 6 heteroatoms. The molecule has 1 fully saturated rings. The second-order valence-corrected chi connectivity index (χ2v) is 3.64. The Morgan fingerprint density at radius 1 is 1.73 bits per heavy atom. The molecule has 82 valence electrons. The molecule has 15 heavy (non-hydrogen) atoms. The molecule has 1 aromatic heterocycles. The topological polar surface area (TPSA) is 80.0 Å². The number of aryl methyl sites for hydroxylation is 1. The van der Waals surface area contributed by atoms with Gasteiger partial charge in [-0.2, -0.15) is 4.98 Å². The quantitative estimate of drug-likeness (QED) is 0.709. The molecule has 1 aliphatic heterocycles. The first-order valence-corrected chi connectivity index (χ1v) is 5.03. The van der Waals surface area contributed by atoms with E-state index in [1.165, 1.54) is 0 Å². The van der Waals surface area contributed by atoms with Crippen molar-refractivity contribution in [2.75, 3.05) is 13.1 Å². The van der Waals surface area contributed by atoms with E-state index in [1.807, 2.05) is 0 Å². The molecule has 2 heterocycles. The minimum absolute atomic E-state index is 0.0578. The summed E-state index contributed by atoms with van der Waals surface area (Å²) in [6.45, 7) is 3.74. The minimum Gasteiger partial charge on any atom is -0.348 e. The lowest BCUT2D eigenvalue weighted by Crippen LogP contribution is -2.31. The van der Waals surface area contributed by atoms with Crippen molar-refractivity contribution in [2.45, 2.75) is 19.9 Å². The molecule has 0 aliphatic carbocycles. The Balaban J connectivity index is 1.80. The van der Waals surface area contributed by atoms with Gasteiger partial charge in [-0.05, 0) is 13.0 Å². The second-order valence-electron chi connectivity index (χ2n) is 3.64. The number of nitrogens with zero attached hydrogens (tertiary/aromatic N) is 2. The van der Waals surface area contributed by atoms with Gasteiger partial charge < -0.3 is 15.2 Å². The fourth-order valence-corrected chi connectivity index (χ4v) is 1.60. The van der Waals surface area contributed by atoms with Crippen LogP contribution in [-0.4, -0.2) is 29.1 Å². The standard InChI is InChI=1S/C9H14N4O2/c1-6-12-8(13-15-6)5-11-9(14)7-2-3-10-4-7/h7,10H,2-5H2,1H3,(H,11,14). The van der Waals surface area contributed by atoms with Gasteiger partial charge in [-0.25, -0.2) is 0 Å². The van der Waals surface area contributed by atoms with Gasteiger partial charge in [0.15, 0.2) is 5.82 Å². The second kappa shape index (κ2) is 4.39. The lowest BCUT2D eigenvalue weighted by atomic mass is 10.1. The molecular weight excluding hydrogens is 196 g/mol. The molecule has 1 unspecified atom stereocenters. The molecule has 2 rings (SSSR count). The Bertz CT molecular complexity index is 344. The fraction of sp³-hybridized carbons (Fsp3) is 0.667. The van der Waals surface area contributed by atoms with E-state index in [0.29, 0.717) is 18.3 Å². The van der Waals surface area contributed by atoms with E-state index >= 15 is 0 Å². The zero-order valence-corrected chi connectivity index (χ0v) is 8.62. The number of rotatable bonds is 3. The number of amides is 1. The first kappa shape index (κ1) is 10.1.